The second-order valence-electron chi connectivity index (χ2n) is 4.03. The van der Waals surface area contributed by atoms with Crippen LogP contribution in [0.25, 0.3) is 0 Å². The van der Waals surface area contributed by atoms with Gasteiger partial charge in [0, 0.05) is 11.8 Å². The number of nitrogens with zero attached hydrogens (tertiary/aromatic N) is 1. The molecule has 5 nitrogen and oxygen atoms in total. The Morgan fingerprint density at radius 3 is 3.00 bits per heavy atom. The molecule has 0 radical (unpaired) electrons. The first-order valence-corrected chi connectivity index (χ1v) is 5.61. The van der Waals surface area contributed by atoms with Gasteiger partial charge >= 0.3 is 0 Å². The van der Waals surface area contributed by atoms with Crippen LogP contribution in [-0.2, 0) is 11.2 Å². The average molecular weight is 245 g/mol. The van der Waals surface area contributed by atoms with Gasteiger partial charge in [0.05, 0.1) is 25.4 Å². The number of nitrogens with one attached hydrogen (secondary N) is 2. The lowest BCUT2D eigenvalue weighted by Gasteiger charge is -2.09. The number of benzene rings is 1. The number of aryl methyl sites for hydroxylation is 1. The minimum absolute atomic E-state index is 0.0969. The predicted octanol–water partition coefficient (Wildman–Crippen LogP) is 1.91. The molecule has 1 aromatic heterocycles. The number of aromatic nitrogens is 2. The third kappa shape index (κ3) is 2.88. The largest absolute Gasteiger partial charge is 0.496 e. The standard InChI is InChI=1S/C13H15N3O2/c1-9-3-4-12(18-2)10(5-9)6-13(17)16-11-7-14-15-8-11/h3-5,7-8H,6H2,1-2H3,(H,14,15)(H,16,17). The molecule has 5 heteroatoms. The van der Waals surface area contributed by atoms with Crippen LogP contribution in [0.15, 0.2) is 30.6 Å². The van der Waals surface area contributed by atoms with Gasteiger partial charge in [-0.1, -0.05) is 17.7 Å². The molecule has 0 aliphatic rings. The summed E-state index contributed by atoms with van der Waals surface area (Å²) in [6, 6.07) is 5.78. The van der Waals surface area contributed by atoms with Crippen molar-refractivity contribution < 1.29 is 9.53 Å². The maximum Gasteiger partial charge on any atom is 0.229 e. The number of rotatable bonds is 4. The van der Waals surface area contributed by atoms with E-state index in [0.29, 0.717) is 5.69 Å². The highest BCUT2D eigenvalue weighted by molar-refractivity contribution is 5.92. The smallest absolute Gasteiger partial charge is 0.229 e. The molecule has 2 rings (SSSR count). The molecule has 1 aromatic carbocycles. The third-order valence-electron chi connectivity index (χ3n) is 2.57. The van der Waals surface area contributed by atoms with Gasteiger partial charge in [0.25, 0.3) is 0 Å². The first-order valence-electron chi connectivity index (χ1n) is 5.61. The van der Waals surface area contributed by atoms with Gasteiger partial charge in [-0.25, -0.2) is 0 Å². The summed E-state index contributed by atoms with van der Waals surface area (Å²) in [5, 5.41) is 9.16. The van der Waals surface area contributed by atoms with E-state index in [-0.39, 0.29) is 12.3 Å². The zero-order valence-corrected chi connectivity index (χ0v) is 10.4. The molecule has 1 heterocycles. The van der Waals surface area contributed by atoms with E-state index in [1.807, 2.05) is 25.1 Å². The number of amides is 1. The summed E-state index contributed by atoms with van der Waals surface area (Å²) in [5.74, 6) is 0.628. The van der Waals surface area contributed by atoms with E-state index < -0.39 is 0 Å². The van der Waals surface area contributed by atoms with Gasteiger partial charge in [0.1, 0.15) is 5.75 Å². The Balaban J connectivity index is 2.08. The van der Waals surface area contributed by atoms with Crippen molar-refractivity contribution in [3.05, 3.63) is 41.7 Å². The van der Waals surface area contributed by atoms with Crippen LogP contribution < -0.4 is 10.1 Å². The molecule has 1 amide bonds. The summed E-state index contributed by atoms with van der Waals surface area (Å²) in [4.78, 5) is 11.9. The molecule has 94 valence electrons. The molecule has 0 atom stereocenters. The van der Waals surface area contributed by atoms with Gasteiger partial charge < -0.3 is 10.1 Å². The van der Waals surface area contributed by atoms with Crippen LogP contribution >= 0.6 is 0 Å². The number of carbonyl (C=O) groups is 1. The van der Waals surface area contributed by atoms with Crippen LogP contribution in [0.3, 0.4) is 0 Å². The van der Waals surface area contributed by atoms with E-state index in [2.05, 4.69) is 15.5 Å². The molecule has 2 aromatic rings. The van der Waals surface area contributed by atoms with Crippen LogP contribution in [0.4, 0.5) is 5.69 Å². The highest BCUT2D eigenvalue weighted by atomic mass is 16.5. The predicted molar refractivity (Wildman–Crippen MR) is 68.7 cm³/mol. The number of ether oxygens (including phenoxy) is 1. The third-order valence-corrected chi connectivity index (χ3v) is 2.57. The second-order valence-corrected chi connectivity index (χ2v) is 4.03. The van der Waals surface area contributed by atoms with Gasteiger partial charge in [-0.2, -0.15) is 5.10 Å². The number of H-pyrrole nitrogens is 1. The van der Waals surface area contributed by atoms with Crippen molar-refractivity contribution >= 4 is 11.6 Å². The molecule has 2 N–H and O–H groups in total. The molecule has 18 heavy (non-hydrogen) atoms. The fraction of sp³-hybridized carbons (Fsp3) is 0.231. The van der Waals surface area contributed by atoms with Gasteiger partial charge in [-0.15, -0.1) is 0 Å². The normalized spacial score (nSPS) is 10.1. The van der Waals surface area contributed by atoms with E-state index >= 15 is 0 Å². The zero-order chi connectivity index (χ0) is 13.0. The highest BCUT2D eigenvalue weighted by Gasteiger charge is 2.09. The Bertz CT molecular complexity index is 535. The van der Waals surface area contributed by atoms with Gasteiger partial charge in [-0.05, 0) is 13.0 Å². The fourth-order valence-corrected chi connectivity index (χ4v) is 1.74. The van der Waals surface area contributed by atoms with Gasteiger partial charge in [0.2, 0.25) is 5.91 Å². The monoisotopic (exact) mass is 245 g/mol. The van der Waals surface area contributed by atoms with Crippen molar-refractivity contribution in [1.29, 1.82) is 0 Å². The number of hydrogen-bond donors (Lipinski definition) is 2. The van der Waals surface area contributed by atoms with Crippen LogP contribution in [0.1, 0.15) is 11.1 Å². The molecular formula is C13H15N3O2. The van der Waals surface area contributed by atoms with E-state index in [9.17, 15) is 4.79 Å². The van der Waals surface area contributed by atoms with Crippen molar-refractivity contribution in [3.8, 4) is 5.75 Å². The molecule has 0 fully saturated rings. The maximum atomic E-state index is 11.9. The molecule has 0 aliphatic heterocycles. The highest BCUT2D eigenvalue weighted by Crippen LogP contribution is 2.20. The van der Waals surface area contributed by atoms with Crippen molar-refractivity contribution in [3.63, 3.8) is 0 Å². The number of anilines is 1. The maximum absolute atomic E-state index is 11.9. The number of carbonyl (C=O) groups excluding carboxylic acids is 1. The summed E-state index contributed by atoms with van der Waals surface area (Å²) in [7, 11) is 1.60. The Kier molecular flexibility index (Phi) is 3.62. The zero-order valence-electron chi connectivity index (χ0n) is 10.4. The summed E-state index contributed by atoms with van der Waals surface area (Å²) in [5.41, 5.74) is 2.63. The molecule has 0 aliphatic carbocycles. The van der Waals surface area contributed by atoms with Crippen LogP contribution in [0.5, 0.6) is 5.75 Å². The lowest BCUT2D eigenvalue weighted by molar-refractivity contribution is -0.115. The average Bonchev–Trinajstić information content (AvgIpc) is 2.82. The van der Waals surface area contributed by atoms with Crippen molar-refractivity contribution in [2.75, 3.05) is 12.4 Å². The topological polar surface area (TPSA) is 67.0 Å². The number of aromatic amines is 1. The quantitative estimate of drug-likeness (QED) is 0.864. The van der Waals surface area contributed by atoms with E-state index in [4.69, 9.17) is 4.74 Å². The number of methoxy groups -OCH3 is 1. The molecule has 0 bridgehead atoms. The first-order chi connectivity index (χ1) is 8.69. The molecule has 0 saturated carbocycles. The number of hydrogen-bond acceptors (Lipinski definition) is 3. The summed E-state index contributed by atoms with van der Waals surface area (Å²) in [6.45, 7) is 1.98. The lowest BCUT2D eigenvalue weighted by atomic mass is 10.1. The molecule has 0 saturated heterocycles. The minimum Gasteiger partial charge on any atom is -0.496 e. The Hall–Kier alpha value is -2.30. The summed E-state index contributed by atoms with van der Waals surface area (Å²) in [6.07, 6.45) is 3.47. The summed E-state index contributed by atoms with van der Waals surface area (Å²) >= 11 is 0. The Morgan fingerprint density at radius 2 is 2.33 bits per heavy atom. The van der Waals surface area contributed by atoms with Gasteiger partial charge in [-0.3, -0.25) is 9.89 Å². The van der Waals surface area contributed by atoms with Crippen LogP contribution in [0, 0.1) is 6.92 Å². The SMILES string of the molecule is COc1ccc(C)cc1CC(=O)Nc1cn[nH]c1. The minimum atomic E-state index is -0.0969. The first kappa shape index (κ1) is 12.2. The van der Waals surface area contributed by atoms with E-state index in [0.717, 1.165) is 16.9 Å². The second kappa shape index (κ2) is 5.35. The van der Waals surface area contributed by atoms with Crippen molar-refractivity contribution in [2.24, 2.45) is 0 Å². The molecular weight excluding hydrogens is 230 g/mol. The van der Waals surface area contributed by atoms with E-state index in [1.165, 1.54) is 0 Å². The van der Waals surface area contributed by atoms with Crippen LogP contribution in [-0.4, -0.2) is 23.2 Å². The Labute approximate surface area is 105 Å². The van der Waals surface area contributed by atoms with Crippen molar-refractivity contribution in [2.45, 2.75) is 13.3 Å². The Morgan fingerprint density at radius 1 is 1.50 bits per heavy atom. The van der Waals surface area contributed by atoms with Gasteiger partial charge in [0.15, 0.2) is 0 Å². The van der Waals surface area contributed by atoms with Crippen LogP contribution in [0.2, 0.25) is 0 Å². The van der Waals surface area contributed by atoms with Crippen molar-refractivity contribution in [1.82, 2.24) is 10.2 Å². The molecule has 0 spiro atoms. The van der Waals surface area contributed by atoms with E-state index in [1.54, 1.807) is 19.5 Å². The molecule has 0 unspecified atom stereocenters. The fourth-order valence-electron chi connectivity index (χ4n) is 1.74. The lowest BCUT2D eigenvalue weighted by Crippen LogP contribution is -2.14. The summed E-state index contributed by atoms with van der Waals surface area (Å²) < 4.78 is 5.24.